The number of hydrogen-bond acceptors (Lipinski definition) is 7. The molecule has 1 N–H and O–H groups in total. The van der Waals surface area contributed by atoms with E-state index in [9.17, 15) is 4.79 Å². The van der Waals surface area contributed by atoms with E-state index in [-0.39, 0.29) is 5.56 Å². The lowest BCUT2D eigenvalue weighted by Gasteiger charge is -2.26. The van der Waals surface area contributed by atoms with E-state index in [0.717, 1.165) is 23.5 Å². The summed E-state index contributed by atoms with van der Waals surface area (Å²) in [6.07, 6.45) is 9.38. The van der Waals surface area contributed by atoms with Gasteiger partial charge in [0.1, 0.15) is 17.1 Å². The minimum absolute atomic E-state index is 0.140. The van der Waals surface area contributed by atoms with Crippen molar-refractivity contribution in [3.05, 3.63) is 65.5 Å². The second kappa shape index (κ2) is 9.18. The molecule has 0 spiro atoms. The molecule has 0 unspecified atom stereocenters. The van der Waals surface area contributed by atoms with Crippen LogP contribution in [0.4, 0.5) is 11.4 Å². The monoisotopic (exact) mass is 460 g/mol. The zero-order valence-electron chi connectivity index (χ0n) is 19.6. The summed E-state index contributed by atoms with van der Waals surface area (Å²) in [5, 5.41) is 7.76. The highest BCUT2D eigenvalue weighted by molar-refractivity contribution is 5.68. The van der Waals surface area contributed by atoms with Crippen LogP contribution in [0.2, 0.25) is 0 Å². The van der Waals surface area contributed by atoms with Crippen LogP contribution in [0.25, 0.3) is 16.8 Å². The number of ether oxygens (including phenoxy) is 2. The summed E-state index contributed by atoms with van der Waals surface area (Å²) in [5.74, 6) is 1.40. The van der Waals surface area contributed by atoms with Crippen molar-refractivity contribution in [3.63, 3.8) is 0 Å². The van der Waals surface area contributed by atoms with E-state index >= 15 is 0 Å². The summed E-state index contributed by atoms with van der Waals surface area (Å²) >= 11 is 0. The number of hydrogen-bond donors (Lipinski definition) is 1. The van der Waals surface area contributed by atoms with Gasteiger partial charge in [-0.2, -0.15) is 5.10 Å². The summed E-state index contributed by atoms with van der Waals surface area (Å²) in [6.45, 7) is 1.52. The van der Waals surface area contributed by atoms with Crippen LogP contribution in [-0.2, 0) is 7.05 Å². The minimum Gasteiger partial charge on any atom is -0.497 e. The van der Waals surface area contributed by atoms with Crippen molar-refractivity contribution in [2.45, 2.75) is 18.9 Å². The number of methoxy groups -OCH3 is 2. The van der Waals surface area contributed by atoms with Crippen LogP contribution in [0.15, 0.2) is 59.9 Å². The third-order valence-electron chi connectivity index (χ3n) is 6.01. The van der Waals surface area contributed by atoms with Crippen LogP contribution in [0.3, 0.4) is 0 Å². The quantitative estimate of drug-likeness (QED) is 0.411. The number of anilines is 2. The Morgan fingerprint density at radius 1 is 1.06 bits per heavy atom. The Kier molecular flexibility index (Phi) is 5.93. The molecule has 1 fully saturated rings. The first kappa shape index (κ1) is 22.0. The largest absolute Gasteiger partial charge is 0.497 e. The molecule has 0 atom stereocenters. The predicted molar refractivity (Wildman–Crippen MR) is 131 cm³/mol. The Balaban J connectivity index is 1.58. The summed E-state index contributed by atoms with van der Waals surface area (Å²) < 4.78 is 14.3. The molecule has 9 nitrogen and oxygen atoms in total. The molecule has 0 saturated heterocycles. The first-order chi connectivity index (χ1) is 16.6. The maximum Gasteiger partial charge on any atom is 0.265 e. The van der Waals surface area contributed by atoms with Gasteiger partial charge in [0.15, 0.2) is 0 Å². The fourth-order valence-corrected chi connectivity index (χ4v) is 4.01. The molecule has 5 rings (SSSR count). The molecule has 1 aliphatic rings. The Bertz CT molecular complexity index is 1350. The fraction of sp³-hybridized carbons (Fsp3) is 0.320. The molecule has 9 heteroatoms. The molecule has 1 saturated carbocycles. The number of pyridine rings is 1. The average Bonchev–Trinajstić information content (AvgIpc) is 3.59. The maximum atomic E-state index is 13.4. The van der Waals surface area contributed by atoms with Gasteiger partial charge in [-0.05, 0) is 25.0 Å². The molecule has 1 aliphatic carbocycles. The number of nitrogens with zero attached hydrogens (tertiary/aromatic N) is 5. The molecule has 4 aromatic rings. The molecule has 3 aromatic heterocycles. The Hall–Kier alpha value is -3.85. The molecular weight excluding hydrogens is 432 g/mol. The molecule has 0 amide bonds. The average molecular weight is 461 g/mol. The highest BCUT2D eigenvalue weighted by Gasteiger charge is 2.21. The minimum atomic E-state index is -0.140. The fourth-order valence-electron chi connectivity index (χ4n) is 4.01. The summed E-state index contributed by atoms with van der Waals surface area (Å²) in [7, 11) is 5.10. The molecule has 0 radical (unpaired) electrons. The third kappa shape index (κ3) is 4.47. The van der Waals surface area contributed by atoms with E-state index in [1.165, 1.54) is 12.8 Å². The lowest BCUT2D eigenvalue weighted by Crippen LogP contribution is -2.30. The third-order valence-corrected chi connectivity index (χ3v) is 6.01. The molecule has 34 heavy (non-hydrogen) atoms. The van der Waals surface area contributed by atoms with Crippen molar-refractivity contribution in [1.29, 1.82) is 0 Å². The lowest BCUT2D eigenvalue weighted by atomic mass is 10.2. The smallest absolute Gasteiger partial charge is 0.265 e. The van der Waals surface area contributed by atoms with Gasteiger partial charge in [0.25, 0.3) is 5.56 Å². The van der Waals surface area contributed by atoms with Gasteiger partial charge >= 0.3 is 0 Å². The van der Waals surface area contributed by atoms with Gasteiger partial charge in [0.05, 0.1) is 31.7 Å². The van der Waals surface area contributed by atoms with Crippen LogP contribution >= 0.6 is 0 Å². The number of fused-ring (bicyclic) bond motifs is 1. The van der Waals surface area contributed by atoms with Crippen LogP contribution in [0.1, 0.15) is 12.8 Å². The summed E-state index contributed by atoms with van der Waals surface area (Å²) in [6, 6.07) is 10.2. The van der Waals surface area contributed by atoms with Gasteiger partial charge in [0, 0.05) is 74.2 Å². The molecule has 3 heterocycles. The Morgan fingerprint density at radius 2 is 1.82 bits per heavy atom. The highest BCUT2D eigenvalue weighted by atomic mass is 16.5. The van der Waals surface area contributed by atoms with Crippen LogP contribution in [0.5, 0.6) is 11.5 Å². The highest BCUT2D eigenvalue weighted by Crippen LogP contribution is 2.33. The van der Waals surface area contributed by atoms with Crippen molar-refractivity contribution in [2.24, 2.45) is 7.05 Å². The van der Waals surface area contributed by atoms with E-state index in [2.05, 4.69) is 20.3 Å². The van der Waals surface area contributed by atoms with Crippen LogP contribution in [0, 0.1) is 0 Å². The SMILES string of the molecule is COc1cc(OC)cc(N(CCNC2CC2)c2ccc3ncc(-c4cnn(C)c4)c(=O)n3c2)c1. The number of benzene rings is 1. The van der Waals surface area contributed by atoms with Gasteiger partial charge in [-0.3, -0.25) is 13.9 Å². The number of aryl methyl sites for hydroxylation is 1. The molecule has 0 bridgehead atoms. The van der Waals surface area contributed by atoms with E-state index in [1.807, 2.05) is 49.8 Å². The van der Waals surface area contributed by atoms with E-state index in [0.29, 0.717) is 35.3 Å². The number of rotatable bonds is 9. The zero-order chi connectivity index (χ0) is 23.7. The zero-order valence-corrected chi connectivity index (χ0v) is 19.6. The first-order valence-corrected chi connectivity index (χ1v) is 11.3. The Labute approximate surface area is 197 Å². The Morgan fingerprint density at radius 3 is 2.47 bits per heavy atom. The molecule has 1 aromatic carbocycles. The van der Waals surface area contributed by atoms with Crippen molar-refractivity contribution in [3.8, 4) is 22.6 Å². The summed E-state index contributed by atoms with van der Waals surface area (Å²) in [5.41, 5.74) is 3.47. The first-order valence-electron chi connectivity index (χ1n) is 11.3. The number of nitrogens with one attached hydrogen (secondary N) is 1. The van der Waals surface area contributed by atoms with Crippen LogP contribution < -0.4 is 25.2 Å². The van der Waals surface area contributed by atoms with E-state index < -0.39 is 0 Å². The topological polar surface area (TPSA) is 85.9 Å². The van der Waals surface area contributed by atoms with Crippen molar-refractivity contribution < 1.29 is 9.47 Å². The van der Waals surface area contributed by atoms with Gasteiger partial charge < -0.3 is 19.7 Å². The lowest BCUT2D eigenvalue weighted by molar-refractivity contribution is 0.394. The normalized spacial score (nSPS) is 13.3. The molecular formula is C25H28N6O3. The summed E-state index contributed by atoms with van der Waals surface area (Å²) in [4.78, 5) is 20.0. The van der Waals surface area contributed by atoms with Gasteiger partial charge in [-0.25, -0.2) is 4.98 Å². The van der Waals surface area contributed by atoms with Gasteiger partial charge in [-0.15, -0.1) is 0 Å². The van der Waals surface area contributed by atoms with E-state index in [4.69, 9.17) is 9.47 Å². The van der Waals surface area contributed by atoms with Crippen molar-refractivity contribution >= 4 is 17.0 Å². The van der Waals surface area contributed by atoms with Gasteiger partial charge in [0.2, 0.25) is 0 Å². The van der Waals surface area contributed by atoms with Crippen LogP contribution in [-0.4, -0.2) is 52.5 Å². The van der Waals surface area contributed by atoms with Crippen molar-refractivity contribution in [2.75, 3.05) is 32.2 Å². The number of aromatic nitrogens is 4. The second-order valence-electron chi connectivity index (χ2n) is 8.45. The molecule has 0 aliphatic heterocycles. The van der Waals surface area contributed by atoms with E-state index in [1.54, 1.807) is 35.7 Å². The predicted octanol–water partition coefficient (Wildman–Crippen LogP) is 3.00. The maximum absolute atomic E-state index is 13.4. The van der Waals surface area contributed by atoms with Gasteiger partial charge in [-0.1, -0.05) is 0 Å². The van der Waals surface area contributed by atoms with Crippen molar-refractivity contribution in [1.82, 2.24) is 24.5 Å². The molecule has 176 valence electrons. The standard InChI is InChI=1S/C25H28N6O3/c1-29-15-17(13-28-29)23-14-27-24-7-6-19(16-31(24)25(23)32)30(9-8-26-18-4-5-18)20-10-21(33-2)12-22(11-20)34-3/h6-7,10-16,18,26H,4-5,8-9H2,1-3H3. The second-order valence-corrected chi connectivity index (χ2v) is 8.45.